The second kappa shape index (κ2) is 9.00. The highest BCUT2D eigenvalue weighted by Gasteiger charge is 2.18. The van der Waals surface area contributed by atoms with Crippen LogP contribution in [0.3, 0.4) is 0 Å². The third kappa shape index (κ3) is 5.31. The predicted octanol–water partition coefficient (Wildman–Crippen LogP) is 3.16. The summed E-state index contributed by atoms with van der Waals surface area (Å²) in [6.07, 6.45) is 12.5. The number of rotatable bonds is 7. The average Bonchev–Trinajstić information content (AvgIpc) is 2.58. The van der Waals surface area contributed by atoms with E-state index in [1.807, 2.05) is 0 Å². The van der Waals surface area contributed by atoms with Gasteiger partial charge in [0.2, 0.25) is 0 Å². The van der Waals surface area contributed by atoms with Gasteiger partial charge >= 0.3 is 0 Å². The third-order valence-corrected chi connectivity index (χ3v) is 3.79. The lowest BCUT2D eigenvalue weighted by Crippen LogP contribution is -2.37. The number of nitrogens with zero attached hydrogens (tertiary/aromatic N) is 1. The molecule has 1 rings (SSSR count). The summed E-state index contributed by atoms with van der Waals surface area (Å²) in [7, 11) is 0. The van der Waals surface area contributed by atoms with E-state index >= 15 is 0 Å². The summed E-state index contributed by atoms with van der Waals surface area (Å²) in [6, 6.07) is 0.862. The zero-order chi connectivity index (χ0) is 11.6. The molecule has 0 unspecified atom stereocenters. The van der Waals surface area contributed by atoms with E-state index in [-0.39, 0.29) is 0 Å². The Morgan fingerprint density at radius 3 is 2.19 bits per heavy atom. The Morgan fingerprint density at radius 2 is 1.62 bits per heavy atom. The number of hydrogen-bond acceptors (Lipinski definition) is 2. The molecule has 96 valence electrons. The molecule has 0 heterocycles. The lowest BCUT2D eigenvalue weighted by molar-refractivity contribution is 0.175. The van der Waals surface area contributed by atoms with Crippen molar-refractivity contribution < 1.29 is 0 Å². The highest BCUT2D eigenvalue weighted by Crippen LogP contribution is 2.22. The molecule has 0 aromatic rings. The van der Waals surface area contributed by atoms with Gasteiger partial charge in [-0.15, -0.1) is 0 Å². The summed E-state index contributed by atoms with van der Waals surface area (Å²) in [5.41, 5.74) is 5.64. The van der Waals surface area contributed by atoms with Crippen LogP contribution in [-0.4, -0.2) is 30.6 Å². The van der Waals surface area contributed by atoms with Crippen LogP contribution in [0.5, 0.6) is 0 Å². The minimum atomic E-state index is 0.843. The molecular formula is C14H30N2. The van der Waals surface area contributed by atoms with E-state index in [0.29, 0.717) is 0 Å². The maximum absolute atomic E-state index is 5.64. The maximum atomic E-state index is 5.64. The second-order valence-electron chi connectivity index (χ2n) is 5.18. The number of nitrogens with two attached hydrogens (primary N) is 1. The Morgan fingerprint density at radius 1 is 1.00 bits per heavy atom. The molecule has 16 heavy (non-hydrogen) atoms. The molecule has 0 radical (unpaired) electrons. The van der Waals surface area contributed by atoms with Crippen LogP contribution in [0.15, 0.2) is 0 Å². The minimum Gasteiger partial charge on any atom is -0.330 e. The first kappa shape index (κ1) is 14.0. The topological polar surface area (TPSA) is 29.3 Å². The summed E-state index contributed by atoms with van der Waals surface area (Å²) in [6.45, 7) is 5.64. The van der Waals surface area contributed by atoms with Gasteiger partial charge in [-0.05, 0) is 45.3 Å². The van der Waals surface area contributed by atoms with Gasteiger partial charge in [0, 0.05) is 6.04 Å². The SMILES string of the molecule is CCCCN(CCCN)C1CCCCCC1. The van der Waals surface area contributed by atoms with Crippen LogP contribution >= 0.6 is 0 Å². The number of hydrogen-bond donors (Lipinski definition) is 1. The quantitative estimate of drug-likeness (QED) is 0.676. The van der Waals surface area contributed by atoms with Crippen molar-refractivity contribution in [2.24, 2.45) is 5.73 Å². The van der Waals surface area contributed by atoms with Crippen LogP contribution in [0.2, 0.25) is 0 Å². The van der Waals surface area contributed by atoms with Crippen molar-refractivity contribution in [2.45, 2.75) is 70.8 Å². The zero-order valence-electron chi connectivity index (χ0n) is 11.1. The first-order chi connectivity index (χ1) is 7.88. The molecule has 1 saturated carbocycles. The van der Waals surface area contributed by atoms with E-state index in [4.69, 9.17) is 5.73 Å². The molecule has 2 nitrogen and oxygen atoms in total. The highest BCUT2D eigenvalue weighted by atomic mass is 15.1. The molecule has 2 heteroatoms. The van der Waals surface area contributed by atoms with Gasteiger partial charge in [0.25, 0.3) is 0 Å². The molecule has 0 atom stereocenters. The molecule has 0 amide bonds. The van der Waals surface area contributed by atoms with Crippen molar-refractivity contribution in [1.82, 2.24) is 4.90 Å². The van der Waals surface area contributed by atoms with Crippen molar-refractivity contribution in [2.75, 3.05) is 19.6 Å². The van der Waals surface area contributed by atoms with Gasteiger partial charge in [-0.3, -0.25) is 0 Å². The molecule has 0 spiro atoms. The molecular weight excluding hydrogens is 196 g/mol. The van der Waals surface area contributed by atoms with Gasteiger partial charge in [-0.25, -0.2) is 0 Å². The first-order valence-electron chi connectivity index (χ1n) is 7.32. The van der Waals surface area contributed by atoms with E-state index in [9.17, 15) is 0 Å². The van der Waals surface area contributed by atoms with Gasteiger partial charge in [0.05, 0.1) is 0 Å². The molecule has 0 saturated heterocycles. The van der Waals surface area contributed by atoms with Crippen LogP contribution in [0.4, 0.5) is 0 Å². The summed E-state index contributed by atoms with van der Waals surface area (Å²) in [4.78, 5) is 2.72. The first-order valence-corrected chi connectivity index (χ1v) is 7.32. The van der Waals surface area contributed by atoms with E-state index in [2.05, 4.69) is 11.8 Å². The summed E-state index contributed by atoms with van der Waals surface area (Å²) in [5.74, 6) is 0. The van der Waals surface area contributed by atoms with Crippen molar-refractivity contribution in [3.8, 4) is 0 Å². The smallest absolute Gasteiger partial charge is 0.00952 e. The van der Waals surface area contributed by atoms with Crippen LogP contribution in [-0.2, 0) is 0 Å². The molecule has 1 aliphatic carbocycles. The van der Waals surface area contributed by atoms with Crippen molar-refractivity contribution in [3.05, 3.63) is 0 Å². The fourth-order valence-electron chi connectivity index (χ4n) is 2.76. The standard InChI is InChI=1S/C14H30N2/c1-2-3-12-16(13-8-11-15)14-9-6-4-5-7-10-14/h14H,2-13,15H2,1H3. The monoisotopic (exact) mass is 226 g/mol. The largest absolute Gasteiger partial charge is 0.330 e. The van der Waals surface area contributed by atoms with E-state index in [1.54, 1.807) is 0 Å². The molecule has 0 bridgehead atoms. The van der Waals surface area contributed by atoms with Crippen molar-refractivity contribution in [3.63, 3.8) is 0 Å². The van der Waals surface area contributed by atoms with Gasteiger partial charge < -0.3 is 10.6 Å². The Kier molecular flexibility index (Phi) is 7.87. The lowest BCUT2D eigenvalue weighted by atomic mass is 10.1. The predicted molar refractivity (Wildman–Crippen MR) is 71.6 cm³/mol. The normalized spacial score (nSPS) is 18.9. The van der Waals surface area contributed by atoms with Gasteiger partial charge in [0.15, 0.2) is 0 Å². The van der Waals surface area contributed by atoms with E-state index < -0.39 is 0 Å². The van der Waals surface area contributed by atoms with Crippen LogP contribution in [0.25, 0.3) is 0 Å². The summed E-state index contributed by atoms with van der Waals surface area (Å²) in [5, 5.41) is 0. The Labute approximate surface area is 102 Å². The fraction of sp³-hybridized carbons (Fsp3) is 1.00. The van der Waals surface area contributed by atoms with Gasteiger partial charge in [-0.1, -0.05) is 39.0 Å². The highest BCUT2D eigenvalue weighted by molar-refractivity contribution is 4.74. The molecule has 0 aromatic heterocycles. The van der Waals surface area contributed by atoms with Crippen LogP contribution in [0, 0.1) is 0 Å². The van der Waals surface area contributed by atoms with E-state index in [0.717, 1.165) is 12.6 Å². The Balaban J connectivity index is 2.37. The molecule has 0 aliphatic heterocycles. The Hall–Kier alpha value is -0.0800. The van der Waals surface area contributed by atoms with E-state index in [1.165, 1.54) is 70.9 Å². The minimum absolute atomic E-state index is 0.843. The molecule has 2 N–H and O–H groups in total. The zero-order valence-corrected chi connectivity index (χ0v) is 11.1. The fourth-order valence-corrected chi connectivity index (χ4v) is 2.76. The Bertz CT molecular complexity index is 143. The van der Waals surface area contributed by atoms with Crippen molar-refractivity contribution in [1.29, 1.82) is 0 Å². The average molecular weight is 226 g/mol. The maximum Gasteiger partial charge on any atom is 0.00952 e. The summed E-state index contributed by atoms with van der Waals surface area (Å²) >= 11 is 0. The molecule has 1 fully saturated rings. The van der Waals surface area contributed by atoms with Crippen molar-refractivity contribution >= 4 is 0 Å². The molecule has 0 aromatic carbocycles. The van der Waals surface area contributed by atoms with Gasteiger partial charge in [-0.2, -0.15) is 0 Å². The lowest BCUT2D eigenvalue weighted by Gasteiger charge is -2.31. The second-order valence-corrected chi connectivity index (χ2v) is 5.18. The number of unbranched alkanes of at least 4 members (excludes halogenated alkanes) is 1. The molecule has 1 aliphatic rings. The van der Waals surface area contributed by atoms with Crippen LogP contribution in [0.1, 0.15) is 64.7 Å². The third-order valence-electron chi connectivity index (χ3n) is 3.79. The summed E-state index contributed by atoms with van der Waals surface area (Å²) < 4.78 is 0. The van der Waals surface area contributed by atoms with Gasteiger partial charge in [0.1, 0.15) is 0 Å². The van der Waals surface area contributed by atoms with Crippen LogP contribution < -0.4 is 5.73 Å².